The first kappa shape index (κ1) is 19.4. The predicted octanol–water partition coefficient (Wildman–Crippen LogP) is 3.59. The van der Waals surface area contributed by atoms with Gasteiger partial charge in [0.15, 0.2) is 0 Å². The van der Waals surface area contributed by atoms with Gasteiger partial charge in [-0.15, -0.1) is 0 Å². The number of benzene rings is 1. The van der Waals surface area contributed by atoms with E-state index in [-0.39, 0.29) is 4.90 Å². The molecular formula is C20H20FN5O2S. The lowest BCUT2D eigenvalue weighted by molar-refractivity contribution is 0.390. The topological polar surface area (TPSA) is 88.1 Å². The van der Waals surface area contributed by atoms with Crippen LogP contribution in [0.2, 0.25) is 0 Å². The Kier molecular flexibility index (Phi) is 5.25. The molecule has 0 spiro atoms. The van der Waals surface area contributed by atoms with Crippen molar-refractivity contribution < 1.29 is 12.8 Å². The molecule has 1 atom stereocenters. The molecule has 1 aliphatic rings. The van der Waals surface area contributed by atoms with Gasteiger partial charge in [0.2, 0.25) is 10.0 Å². The van der Waals surface area contributed by atoms with Crippen molar-refractivity contribution in [2.45, 2.75) is 30.7 Å². The highest BCUT2D eigenvalue weighted by Crippen LogP contribution is 2.36. The van der Waals surface area contributed by atoms with Gasteiger partial charge in [0.25, 0.3) is 0 Å². The maximum absolute atomic E-state index is 13.6. The highest BCUT2D eigenvalue weighted by Gasteiger charge is 2.37. The van der Waals surface area contributed by atoms with Crippen LogP contribution in [0.15, 0.2) is 59.9 Å². The fourth-order valence-electron chi connectivity index (χ4n) is 3.41. The first-order valence-corrected chi connectivity index (χ1v) is 10.7. The molecule has 29 heavy (non-hydrogen) atoms. The number of nitrogens with zero attached hydrogens (tertiary/aromatic N) is 4. The molecule has 1 aromatic carbocycles. The van der Waals surface area contributed by atoms with E-state index in [9.17, 15) is 12.8 Å². The minimum atomic E-state index is -3.78. The normalized spacial score (nSPS) is 17.4. The first-order valence-electron chi connectivity index (χ1n) is 9.23. The van der Waals surface area contributed by atoms with E-state index in [2.05, 4.69) is 20.3 Å². The average Bonchev–Trinajstić information content (AvgIpc) is 3.22. The molecule has 4 rings (SSSR count). The van der Waals surface area contributed by atoms with Crippen LogP contribution >= 0.6 is 0 Å². The minimum Gasteiger partial charge on any atom is -0.324 e. The predicted molar refractivity (Wildman–Crippen MR) is 107 cm³/mol. The Labute approximate surface area is 168 Å². The molecule has 2 aromatic heterocycles. The smallest absolute Gasteiger partial charge is 0.243 e. The molecule has 0 unspecified atom stereocenters. The van der Waals surface area contributed by atoms with Crippen molar-refractivity contribution >= 4 is 21.7 Å². The van der Waals surface area contributed by atoms with Gasteiger partial charge >= 0.3 is 0 Å². The summed E-state index contributed by atoms with van der Waals surface area (Å²) in [5.41, 5.74) is 0.856. The Balaban J connectivity index is 1.63. The lowest BCUT2D eigenvalue weighted by Crippen LogP contribution is -2.31. The highest BCUT2D eigenvalue weighted by atomic mass is 32.2. The summed E-state index contributed by atoms with van der Waals surface area (Å²) in [5, 5.41) is 3.07. The van der Waals surface area contributed by atoms with Gasteiger partial charge in [0.05, 0.1) is 29.0 Å². The molecule has 0 bridgehead atoms. The van der Waals surface area contributed by atoms with Crippen molar-refractivity contribution in [3.63, 3.8) is 0 Å². The highest BCUT2D eigenvalue weighted by molar-refractivity contribution is 7.89. The van der Waals surface area contributed by atoms with Crippen molar-refractivity contribution in [2.75, 3.05) is 11.9 Å². The van der Waals surface area contributed by atoms with E-state index in [1.54, 1.807) is 31.6 Å². The number of aromatic nitrogens is 3. The van der Waals surface area contributed by atoms with E-state index >= 15 is 0 Å². The van der Waals surface area contributed by atoms with Crippen LogP contribution < -0.4 is 5.32 Å². The summed E-state index contributed by atoms with van der Waals surface area (Å²) < 4.78 is 41.4. The second-order valence-corrected chi connectivity index (χ2v) is 8.74. The van der Waals surface area contributed by atoms with Crippen LogP contribution in [-0.4, -0.2) is 34.2 Å². The number of pyridine rings is 1. The van der Waals surface area contributed by atoms with E-state index < -0.39 is 21.9 Å². The lowest BCUT2D eigenvalue weighted by Gasteiger charge is -2.24. The number of hydrogen-bond donors (Lipinski definition) is 1. The van der Waals surface area contributed by atoms with E-state index in [4.69, 9.17) is 0 Å². The molecule has 1 saturated heterocycles. The molecular weight excluding hydrogens is 393 g/mol. The molecule has 3 heterocycles. The second kappa shape index (κ2) is 7.84. The van der Waals surface area contributed by atoms with Gasteiger partial charge in [0, 0.05) is 12.7 Å². The third-order valence-electron chi connectivity index (χ3n) is 4.86. The molecule has 0 amide bonds. The van der Waals surface area contributed by atoms with Crippen molar-refractivity contribution in [1.29, 1.82) is 0 Å². The number of hydrogen-bond acceptors (Lipinski definition) is 6. The Hall–Kier alpha value is -2.91. The summed E-state index contributed by atoms with van der Waals surface area (Å²) in [6.45, 7) is 1.93. The fourth-order valence-corrected chi connectivity index (χ4v) is 5.16. The molecule has 0 saturated carbocycles. The van der Waals surface area contributed by atoms with Crippen LogP contribution in [0.1, 0.15) is 30.1 Å². The van der Waals surface area contributed by atoms with Gasteiger partial charge in [-0.1, -0.05) is 6.07 Å². The quantitative estimate of drug-likeness (QED) is 0.688. The van der Waals surface area contributed by atoms with Crippen molar-refractivity contribution in [3.8, 4) is 0 Å². The molecule has 0 aliphatic carbocycles. The van der Waals surface area contributed by atoms with Gasteiger partial charge in [-0.2, -0.15) is 4.31 Å². The molecule has 1 N–H and O–H groups in total. The summed E-state index contributed by atoms with van der Waals surface area (Å²) in [6, 6.07) is 8.89. The molecule has 7 nitrogen and oxygen atoms in total. The fraction of sp³-hybridized carbons (Fsp3) is 0.250. The van der Waals surface area contributed by atoms with Gasteiger partial charge in [-0.05, 0) is 55.7 Å². The van der Waals surface area contributed by atoms with Crippen LogP contribution in [0, 0.1) is 12.7 Å². The van der Waals surface area contributed by atoms with Crippen molar-refractivity contribution in [2.24, 2.45) is 0 Å². The summed E-state index contributed by atoms with van der Waals surface area (Å²) in [7, 11) is -3.78. The number of anilines is 2. The van der Waals surface area contributed by atoms with Crippen LogP contribution in [0.3, 0.4) is 0 Å². The largest absolute Gasteiger partial charge is 0.324 e. The minimum absolute atomic E-state index is 0.0824. The average molecular weight is 413 g/mol. The Morgan fingerprint density at radius 1 is 1.17 bits per heavy atom. The number of halogens is 1. The summed E-state index contributed by atoms with van der Waals surface area (Å²) in [4.78, 5) is 13.1. The first-order chi connectivity index (χ1) is 13.9. The van der Waals surface area contributed by atoms with Crippen molar-refractivity contribution in [1.82, 2.24) is 19.3 Å². The van der Waals surface area contributed by atoms with Gasteiger partial charge < -0.3 is 5.32 Å². The number of rotatable bonds is 5. The lowest BCUT2D eigenvalue weighted by atomic mass is 10.2. The molecule has 3 aromatic rings. The SMILES string of the molecule is Cc1cc(S(=O)(=O)N2CCC[C@H]2c2cncc(Nc3ccccn3)n2)ccc1F. The molecule has 1 aliphatic heterocycles. The Morgan fingerprint density at radius 3 is 2.79 bits per heavy atom. The van der Waals surface area contributed by atoms with Crippen LogP contribution in [0.5, 0.6) is 0 Å². The number of sulfonamides is 1. The van der Waals surface area contributed by atoms with Crippen molar-refractivity contribution in [3.05, 3.63) is 72.1 Å². The van der Waals surface area contributed by atoms with Crippen LogP contribution in [0.4, 0.5) is 16.0 Å². The van der Waals surface area contributed by atoms with Gasteiger partial charge in [-0.25, -0.2) is 22.8 Å². The standard InChI is InChI=1S/C20H20FN5O2S/c1-14-11-15(7-8-16(14)21)29(27,28)26-10-4-5-18(26)17-12-22-13-20(24-17)25-19-6-2-3-9-23-19/h2-3,6-9,11-13,18H,4-5,10H2,1H3,(H,23,24,25)/t18-/m0/s1. The zero-order valence-electron chi connectivity index (χ0n) is 15.8. The second-order valence-electron chi connectivity index (χ2n) is 6.85. The van der Waals surface area contributed by atoms with E-state index in [1.807, 2.05) is 12.1 Å². The van der Waals surface area contributed by atoms with Crippen LogP contribution in [-0.2, 0) is 10.0 Å². The zero-order chi connectivity index (χ0) is 20.4. The van der Waals surface area contributed by atoms with E-state index in [1.165, 1.54) is 22.5 Å². The summed E-state index contributed by atoms with van der Waals surface area (Å²) >= 11 is 0. The van der Waals surface area contributed by atoms with E-state index in [0.717, 1.165) is 0 Å². The molecule has 0 radical (unpaired) electrons. The van der Waals surface area contributed by atoms with E-state index in [0.29, 0.717) is 42.3 Å². The molecule has 9 heteroatoms. The Bertz CT molecular complexity index is 1120. The summed E-state index contributed by atoms with van der Waals surface area (Å²) in [6.07, 6.45) is 6.16. The van der Waals surface area contributed by atoms with Crippen LogP contribution in [0.25, 0.3) is 0 Å². The van der Waals surface area contributed by atoms with Gasteiger partial charge in [-0.3, -0.25) is 4.98 Å². The zero-order valence-corrected chi connectivity index (χ0v) is 16.6. The Morgan fingerprint density at radius 2 is 2.03 bits per heavy atom. The maximum Gasteiger partial charge on any atom is 0.243 e. The third kappa shape index (κ3) is 3.96. The number of aryl methyl sites for hydroxylation is 1. The molecule has 150 valence electrons. The van der Waals surface area contributed by atoms with Gasteiger partial charge in [0.1, 0.15) is 17.5 Å². The monoisotopic (exact) mass is 413 g/mol. The third-order valence-corrected chi connectivity index (χ3v) is 6.76. The number of nitrogens with one attached hydrogen (secondary N) is 1. The summed E-state index contributed by atoms with van der Waals surface area (Å²) in [5.74, 6) is 0.681. The molecule has 1 fully saturated rings. The maximum atomic E-state index is 13.6.